The number of amides is 2. The van der Waals surface area contributed by atoms with Gasteiger partial charge in [-0.05, 0) is 47.2 Å². The van der Waals surface area contributed by atoms with E-state index in [1.165, 1.54) is 50.2 Å². The van der Waals surface area contributed by atoms with Crippen molar-refractivity contribution in [3.63, 3.8) is 0 Å². The summed E-state index contributed by atoms with van der Waals surface area (Å²) in [6.45, 7) is 2.72. The van der Waals surface area contributed by atoms with Crippen LogP contribution in [0.4, 0.5) is 45.5 Å². The standard InChI is InChI=1S/2C18H14N4O5.Cr.Na/c2*1-10(23)19-14-4-2-3-11-5-8-15(24)18(17(11)14)21-20-13-7-6-12(22(26)27)9-16(13)25;;/h2*2-9,24-25H,1H3,(H,19,23);;/q;;;+1. The fourth-order valence-corrected chi connectivity index (χ4v) is 5.12. The van der Waals surface area contributed by atoms with E-state index in [2.05, 4.69) is 31.1 Å². The summed E-state index contributed by atoms with van der Waals surface area (Å²) in [5.74, 6) is -1.77. The third-order valence-electron chi connectivity index (χ3n) is 7.47. The summed E-state index contributed by atoms with van der Waals surface area (Å²) in [5, 5.41) is 85.2. The van der Waals surface area contributed by atoms with E-state index >= 15 is 0 Å². The summed E-state index contributed by atoms with van der Waals surface area (Å²) in [6.07, 6.45) is 0. The van der Waals surface area contributed by atoms with Crippen molar-refractivity contribution < 1.29 is 86.8 Å². The number of nitro groups is 2. The SMILES string of the molecule is CC(=O)Nc1cccc2ccc(O)c(N=Nc3ccc([N+](=O)[O-])cc3O)c12.CC(=O)Nc1cccc2ccc(O)c(N=Nc3ccc([N+](=O)[O-])cc3O)c12.[Cr].[Na+]. The molecule has 0 fully saturated rings. The number of azo groups is 2. The van der Waals surface area contributed by atoms with E-state index in [9.17, 15) is 50.2 Å². The summed E-state index contributed by atoms with van der Waals surface area (Å²) in [5.41, 5.74) is 0.488. The first-order chi connectivity index (χ1) is 25.7. The second-order valence-corrected chi connectivity index (χ2v) is 11.3. The number of hydrogen-bond acceptors (Lipinski definition) is 14. The van der Waals surface area contributed by atoms with Crippen LogP contribution in [0.25, 0.3) is 21.5 Å². The number of rotatable bonds is 8. The van der Waals surface area contributed by atoms with Crippen LogP contribution >= 0.6 is 0 Å². The Morgan fingerprint density at radius 2 is 0.929 bits per heavy atom. The molecule has 6 aromatic carbocycles. The first kappa shape index (κ1) is 43.9. The van der Waals surface area contributed by atoms with Gasteiger partial charge in [0, 0.05) is 54.1 Å². The number of anilines is 2. The number of nitro benzene ring substituents is 2. The van der Waals surface area contributed by atoms with E-state index in [4.69, 9.17) is 0 Å². The van der Waals surface area contributed by atoms with Gasteiger partial charge in [-0.15, -0.1) is 20.5 Å². The molecule has 0 spiro atoms. The molecule has 6 N–H and O–H groups in total. The van der Waals surface area contributed by atoms with Gasteiger partial charge in [0.05, 0.1) is 33.4 Å². The maximum atomic E-state index is 11.4. The molecule has 0 atom stereocenters. The van der Waals surface area contributed by atoms with E-state index in [-0.39, 0.29) is 104 Å². The maximum absolute atomic E-state index is 11.4. The van der Waals surface area contributed by atoms with Crippen LogP contribution in [0, 0.1) is 20.2 Å². The van der Waals surface area contributed by atoms with Crippen LogP contribution in [0.2, 0.25) is 0 Å². The van der Waals surface area contributed by atoms with Crippen LogP contribution in [0.15, 0.2) is 118 Å². The minimum absolute atomic E-state index is 0. The molecule has 0 saturated heterocycles. The second kappa shape index (κ2) is 19.2. The summed E-state index contributed by atoms with van der Waals surface area (Å²) in [6, 6.07) is 23.3. The monoisotopic (exact) mass is 807 g/mol. The molecule has 278 valence electrons. The number of phenols is 4. The molecule has 18 nitrogen and oxygen atoms in total. The Labute approximate surface area is 349 Å². The Morgan fingerprint density at radius 1 is 0.554 bits per heavy atom. The third-order valence-corrected chi connectivity index (χ3v) is 7.47. The Morgan fingerprint density at radius 3 is 1.25 bits per heavy atom. The number of non-ortho nitro benzene ring substituents is 2. The molecule has 0 aromatic heterocycles. The number of phenolic OH excluding ortho intramolecular Hbond substituents is 4. The van der Waals surface area contributed by atoms with E-state index in [0.29, 0.717) is 32.9 Å². The Hall–Kier alpha value is -6.49. The first-order valence-corrected chi connectivity index (χ1v) is 15.6. The fraction of sp³-hybridized carbons (Fsp3) is 0.0556. The molecule has 0 unspecified atom stereocenters. The summed E-state index contributed by atoms with van der Waals surface area (Å²) in [4.78, 5) is 43.1. The molecule has 6 aromatic rings. The minimum atomic E-state index is -0.642. The van der Waals surface area contributed by atoms with Gasteiger partial charge in [0.25, 0.3) is 11.4 Å². The van der Waals surface area contributed by atoms with Crippen molar-refractivity contribution in [1.29, 1.82) is 0 Å². The van der Waals surface area contributed by atoms with Gasteiger partial charge in [0.1, 0.15) is 45.7 Å². The van der Waals surface area contributed by atoms with Crippen molar-refractivity contribution in [2.75, 3.05) is 10.6 Å². The van der Waals surface area contributed by atoms with Crippen LogP contribution < -0.4 is 40.2 Å². The smallest absolute Gasteiger partial charge is 0.506 e. The molecule has 0 heterocycles. The maximum Gasteiger partial charge on any atom is 1.00 e. The predicted molar refractivity (Wildman–Crippen MR) is 198 cm³/mol. The van der Waals surface area contributed by atoms with Crippen molar-refractivity contribution in [3.8, 4) is 23.0 Å². The second-order valence-electron chi connectivity index (χ2n) is 11.3. The van der Waals surface area contributed by atoms with Crippen molar-refractivity contribution in [3.05, 3.63) is 117 Å². The summed E-state index contributed by atoms with van der Waals surface area (Å²) >= 11 is 0. The average Bonchev–Trinajstić information content (AvgIpc) is 3.11. The molecular weight excluding hydrogens is 779 g/mol. The predicted octanol–water partition coefficient (Wildman–Crippen LogP) is 6.07. The van der Waals surface area contributed by atoms with Crippen LogP contribution in [-0.2, 0) is 27.0 Å². The molecule has 56 heavy (non-hydrogen) atoms. The van der Waals surface area contributed by atoms with Crippen LogP contribution in [0.1, 0.15) is 13.8 Å². The van der Waals surface area contributed by atoms with Crippen LogP contribution in [0.3, 0.4) is 0 Å². The normalized spacial score (nSPS) is 10.6. The molecule has 0 aliphatic heterocycles. The topological polar surface area (TPSA) is 275 Å². The van der Waals surface area contributed by atoms with Crippen molar-refractivity contribution in [2.45, 2.75) is 13.8 Å². The van der Waals surface area contributed by atoms with Gasteiger partial charge >= 0.3 is 29.6 Å². The van der Waals surface area contributed by atoms with Gasteiger partial charge < -0.3 is 31.1 Å². The Bertz CT molecular complexity index is 2380. The molecular formula is C36H28CrN8NaO10+. The number of benzene rings is 6. The zero-order chi connectivity index (χ0) is 39.1. The summed E-state index contributed by atoms with van der Waals surface area (Å²) < 4.78 is 0. The van der Waals surface area contributed by atoms with Gasteiger partial charge in [-0.2, -0.15) is 0 Å². The van der Waals surface area contributed by atoms with Crippen LogP contribution in [0.5, 0.6) is 23.0 Å². The van der Waals surface area contributed by atoms with E-state index in [0.717, 1.165) is 12.1 Å². The number of aromatic hydroxyl groups is 4. The molecule has 0 saturated carbocycles. The third kappa shape index (κ3) is 10.4. The number of fused-ring (bicyclic) bond motifs is 2. The molecule has 0 aliphatic carbocycles. The Balaban J connectivity index is 0.000000290. The fourth-order valence-electron chi connectivity index (χ4n) is 5.12. The molecule has 0 bridgehead atoms. The zero-order valence-corrected chi connectivity index (χ0v) is 32.8. The molecule has 0 radical (unpaired) electrons. The Kier molecular flexibility index (Phi) is 15.1. The number of hydrogen-bond donors (Lipinski definition) is 6. The first-order valence-electron chi connectivity index (χ1n) is 15.6. The molecule has 2 amide bonds. The zero-order valence-electron chi connectivity index (χ0n) is 29.6. The molecule has 20 heteroatoms. The largest absolute Gasteiger partial charge is 1.00 e. The van der Waals surface area contributed by atoms with Gasteiger partial charge in [-0.25, -0.2) is 0 Å². The number of carbonyl (C=O) groups excluding carboxylic acids is 2. The van der Waals surface area contributed by atoms with Gasteiger partial charge in [0.15, 0.2) is 0 Å². The number of nitrogens with one attached hydrogen (secondary N) is 2. The van der Waals surface area contributed by atoms with Crippen molar-refractivity contribution >= 4 is 78.9 Å². The molecule has 0 aliphatic rings. The van der Waals surface area contributed by atoms with Gasteiger partial charge in [0.2, 0.25) is 11.8 Å². The van der Waals surface area contributed by atoms with Gasteiger partial charge in [-0.3, -0.25) is 29.8 Å². The van der Waals surface area contributed by atoms with E-state index in [1.807, 2.05) is 0 Å². The average molecular weight is 808 g/mol. The number of carbonyl (C=O) groups is 2. The minimum Gasteiger partial charge on any atom is -0.506 e. The van der Waals surface area contributed by atoms with E-state index in [1.54, 1.807) is 48.5 Å². The van der Waals surface area contributed by atoms with E-state index < -0.39 is 21.3 Å². The van der Waals surface area contributed by atoms with Crippen LogP contribution in [-0.4, -0.2) is 42.1 Å². The quantitative estimate of drug-likeness (QED) is 0.0447. The number of nitrogens with zero attached hydrogens (tertiary/aromatic N) is 6. The molecule has 6 rings (SSSR count). The van der Waals surface area contributed by atoms with Crippen molar-refractivity contribution in [1.82, 2.24) is 0 Å². The van der Waals surface area contributed by atoms with Gasteiger partial charge in [-0.1, -0.05) is 36.4 Å². The summed E-state index contributed by atoms with van der Waals surface area (Å²) in [7, 11) is 0. The van der Waals surface area contributed by atoms with Crippen molar-refractivity contribution in [2.24, 2.45) is 20.5 Å².